The molecule has 204 valence electrons. The maximum Gasteiger partial charge on any atom is 0.255 e. The van der Waals surface area contributed by atoms with Crippen LogP contribution in [0, 0.1) is 0 Å². The first kappa shape index (κ1) is 27.4. The van der Waals surface area contributed by atoms with Crippen LogP contribution in [0.25, 0.3) is 0 Å². The molecule has 5 rings (SSSR count). The van der Waals surface area contributed by atoms with Crippen molar-refractivity contribution in [3.05, 3.63) is 95.6 Å². The predicted molar refractivity (Wildman–Crippen MR) is 155 cm³/mol. The number of nitrogens with one attached hydrogen (secondary N) is 1. The standard InChI is InChI=1S/C30H33N3O4S2/c34-28-22-38-30(33(28)21-18-23-8-4-3-5-9-23)25-12-10-24(11-13-25)29(35)31-26-14-16-27(17-15-26)39(36,37)32-19-6-1-2-7-20-32/h3-5,8-17,30H,1-2,6-7,18-22H2,(H,31,35)/t30-/m0/s1. The molecule has 9 heteroatoms. The Balaban J connectivity index is 1.20. The Kier molecular flexibility index (Phi) is 8.69. The molecule has 2 aliphatic rings. The van der Waals surface area contributed by atoms with Crippen LogP contribution >= 0.6 is 11.8 Å². The smallest absolute Gasteiger partial charge is 0.255 e. The van der Waals surface area contributed by atoms with Gasteiger partial charge in [-0.3, -0.25) is 9.59 Å². The molecule has 7 nitrogen and oxygen atoms in total. The monoisotopic (exact) mass is 563 g/mol. The first-order valence-corrected chi connectivity index (χ1v) is 15.9. The van der Waals surface area contributed by atoms with Crippen LogP contribution in [-0.4, -0.2) is 54.8 Å². The van der Waals surface area contributed by atoms with Gasteiger partial charge >= 0.3 is 0 Å². The summed E-state index contributed by atoms with van der Waals surface area (Å²) in [4.78, 5) is 27.6. The number of amides is 2. The second-order valence-corrected chi connectivity index (χ2v) is 12.9. The lowest BCUT2D eigenvalue weighted by Crippen LogP contribution is -2.31. The van der Waals surface area contributed by atoms with Gasteiger partial charge in [0.2, 0.25) is 15.9 Å². The largest absolute Gasteiger partial charge is 0.326 e. The van der Waals surface area contributed by atoms with Gasteiger partial charge in [-0.05, 0) is 66.8 Å². The summed E-state index contributed by atoms with van der Waals surface area (Å²) in [6.07, 6.45) is 4.67. The fraction of sp³-hybridized carbons (Fsp3) is 0.333. The van der Waals surface area contributed by atoms with Gasteiger partial charge in [0.05, 0.1) is 10.6 Å². The Morgan fingerprint density at radius 2 is 1.54 bits per heavy atom. The molecule has 3 aromatic rings. The first-order valence-electron chi connectivity index (χ1n) is 13.4. The van der Waals surface area contributed by atoms with E-state index < -0.39 is 10.0 Å². The predicted octanol–water partition coefficient (Wildman–Crippen LogP) is 5.32. The molecule has 2 aliphatic heterocycles. The number of hydrogen-bond acceptors (Lipinski definition) is 5. The van der Waals surface area contributed by atoms with Gasteiger partial charge in [-0.2, -0.15) is 4.31 Å². The molecule has 0 bridgehead atoms. The van der Waals surface area contributed by atoms with Crippen molar-refractivity contribution in [2.24, 2.45) is 0 Å². The SMILES string of the molecule is O=C(Nc1ccc(S(=O)(=O)N2CCCCCC2)cc1)c1ccc([C@@H]2SCC(=O)N2CCc2ccccc2)cc1. The molecule has 2 heterocycles. The first-order chi connectivity index (χ1) is 18.9. The highest BCUT2D eigenvalue weighted by Crippen LogP contribution is 2.38. The summed E-state index contributed by atoms with van der Waals surface area (Å²) in [6.45, 7) is 1.75. The van der Waals surface area contributed by atoms with E-state index in [0.717, 1.165) is 37.7 Å². The van der Waals surface area contributed by atoms with Crippen molar-refractivity contribution in [3.8, 4) is 0 Å². The molecule has 0 aliphatic carbocycles. The number of anilines is 1. The molecular formula is C30H33N3O4S2. The van der Waals surface area contributed by atoms with E-state index in [2.05, 4.69) is 17.4 Å². The Labute approximate surface area is 234 Å². The van der Waals surface area contributed by atoms with Crippen LogP contribution in [0.15, 0.2) is 83.8 Å². The maximum absolute atomic E-state index is 13.0. The van der Waals surface area contributed by atoms with E-state index in [1.807, 2.05) is 35.2 Å². The third-order valence-corrected chi connectivity index (χ3v) is 10.4. The summed E-state index contributed by atoms with van der Waals surface area (Å²) in [6, 6.07) is 23.8. The van der Waals surface area contributed by atoms with E-state index in [-0.39, 0.29) is 22.1 Å². The minimum atomic E-state index is -3.53. The van der Waals surface area contributed by atoms with E-state index in [0.29, 0.717) is 36.6 Å². The number of carbonyl (C=O) groups is 2. The molecule has 3 aromatic carbocycles. The number of benzene rings is 3. The third-order valence-electron chi connectivity index (χ3n) is 7.23. The van der Waals surface area contributed by atoms with Gasteiger partial charge in [0.1, 0.15) is 5.37 Å². The van der Waals surface area contributed by atoms with Crippen molar-refractivity contribution >= 4 is 39.3 Å². The number of nitrogens with zero attached hydrogens (tertiary/aromatic N) is 2. The summed E-state index contributed by atoms with van der Waals surface area (Å²) in [5.41, 5.74) is 3.20. The lowest BCUT2D eigenvalue weighted by atomic mass is 10.1. The van der Waals surface area contributed by atoms with E-state index >= 15 is 0 Å². The molecular weight excluding hydrogens is 530 g/mol. The maximum atomic E-state index is 13.0. The van der Waals surface area contributed by atoms with Crippen molar-refractivity contribution in [1.82, 2.24) is 9.21 Å². The second kappa shape index (κ2) is 12.4. The Bertz CT molecular complexity index is 1390. The van der Waals surface area contributed by atoms with Gasteiger partial charge in [-0.1, -0.05) is 55.3 Å². The molecule has 0 unspecified atom stereocenters. The minimum Gasteiger partial charge on any atom is -0.326 e. The minimum absolute atomic E-state index is 0.0722. The van der Waals surface area contributed by atoms with Crippen LogP contribution in [0.5, 0.6) is 0 Å². The zero-order valence-corrected chi connectivity index (χ0v) is 23.4. The second-order valence-electron chi connectivity index (χ2n) is 9.90. The normalized spacial score (nSPS) is 18.6. The number of thioether (sulfide) groups is 1. The highest BCUT2D eigenvalue weighted by atomic mass is 32.2. The summed E-state index contributed by atoms with van der Waals surface area (Å²) in [7, 11) is -3.53. The number of rotatable bonds is 8. The Morgan fingerprint density at radius 3 is 2.21 bits per heavy atom. The highest BCUT2D eigenvalue weighted by molar-refractivity contribution is 8.00. The van der Waals surface area contributed by atoms with Crippen LogP contribution in [0.1, 0.15) is 52.5 Å². The van der Waals surface area contributed by atoms with Gasteiger partial charge in [-0.25, -0.2) is 8.42 Å². The fourth-order valence-electron chi connectivity index (χ4n) is 5.01. The molecule has 39 heavy (non-hydrogen) atoms. The Morgan fingerprint density at radius 1 is 0.872 bits per heavy atom. The summed E-state index contributed by atoms with van der Waals surface area (Å²) < 4.78 is 27.6. The van der Waals surface area contributed by atoms with E-state index in [1.165, 1.54) is 5.56 Å². The van der Waals surface area contributed by atoms with E-state index in [9.17, 15) is 18.0 Å². The summed E-state index contributed by atoms with van der Waals surface area (Å²) >= 11 is 1.60. The van der Waals surface area contributed by atoms with Crippen LogP contribution < -0.4 is 5.32 Å². The lowest BCUT2D eigenvalue weighted by Gasteiger charge is -2.24. The molecule has 0 radical (unpaired) electrons. The number of sulfonamides is 1. The zero-order valence-electron chi connectivity index (χ0n) is 21.8. The number of carbonyl (C=O) groups excluding carboxylic acids is 2. The Hall–Kier alpha value is -3.14. The van der Waals surface area contributed by atoms with Gasteiger partial charge in [0.15, 0.2) is 0 Å². The van der Waals surface area contributed by atoms with E-state index in [1.54, 1.807) is 52.5 Å². The van der Waals surface area contributed by atoms with Gasteiger partial charge < -0.3 is 10.2 Å². The van der Waals surface area contributed by atoms with Crippen LogP contribution in [0.4, 0.5) is 5.69 Å². The molecule has 2 fully saturated rings. The fourth-order valence-corrected chi connectivity index (χ4v) is 7.75. The molecule has 1 N–H and O–H groups in total. The van der Waals surface area contributed by atoms with Gasteiger partial charge in [0, 0.05) is 30.9 Å². The van der Waals surface area contributed by atoms with Crippen molar-refractivity contribution in [2.45, 2.75) is 42.4 Å². The van der Waals surface area contributed by atoms with E-state index in [4.69, 9.17) is 0 Å². The summed E-state index contributed by atoms with van der Waals surface area (Å²) in [5.74, 6) is 0.301. The molecule has 1 atom stereocenters. The third kappa shape index (κ3) is 6.54. The van der Waals surface area contributed by atoms with Crippen LogP contribution in [0.2, 0.25) is 0 Å². The van der Waals surface area contributed by atoms with Crippen molar-refractivity contribution in [3.63, 3.8) is 0 Å². The molecule has 2 amide bonds. The lowest BCUT2D eigenvalue weighted by molar-refractivity contribution is -0.128. The molecule has 0 saturated carbocycles. The quantitative estimate of drug-likeness (QED) is 0.401. The van der Waals surface area contributed by atoms with Crippen LogP contribution in [-0.2, 0) is 21.2 Å². The van der Waals surface area contributed by atoms with Gasteiger partial charge in [-0.15, -0.1) is 11.8 Å². The summed E-state index contributed by atoms with van der Waals surface area (Å²) in [5, 5.41) is 2.78. The number of hydrogen-bond donors (Lipinski definition) is 1. The topological polar surface area (TPSA) is 86.8 Å². The van der Waals surface area contributed by atoms with Crippen molar-refractivity contribution in [2.75, 3.05) is 30.7 Å². The van der Waals surface area contributed by atoms with Crippen molar-refractivity contribution < 1.29 is 18.0 Å². The average molecular weight is 564 g/mol. The van der Waals surface area contributed by atoms with Crippen LogP contribution in [0.3, 0.4) is 0 Å². The average Bonchev–Trinajstić information content (AvgIpc) is 3.13. The molecule has 0 aromatic heterocycles. The zero-order chi connectivity index (χ0) is 27.2. The molecule has 0 spiro atoms. The highest BCUT2D eigenvalue weighted by Gasteiger charge is 2.32. The van der Waals surface area contributed by atoms with Gasteiger partial charge in [0.25, 0.3) is 5.91 Å². The molecule has 2 saturated heterocycles. The van der Waals surface area contributed by atoms with Crippen molar-refractivity contribution in [1.29, 1.82) is 0 Å².